The Hall–Kier alpha value is -2.60. The predicted octanol–water partition coefficient (Wildman–Crippen LogP) is 6.92. The van der Waals surface area contributed by atoms with Crippen molar-refractivity contribution in [1.29, 1.82) is 0 Å². The number of hydrogen-bond acceptors (Lipinski definition) is 0. The molecule has 0 N–H and O–H groups in total. The topological polar surface area (TPSA) is 0 Å². The molecule has 0 amide bonds. The van der Waals surface area contributed by atoms with E-state index in [1.165, 1.54) is 27.8 Å². The van der Waals surface area contributed by atoms with Crippen LogP contribution in [-0.2, 0) is 6.42 Å². The Labute approximate surface area is 156 Å². The lowest BCUT2D eigenvalue weighted by Gasteiger charge is -2.24. The minimum absolute atomic E-state index is 0.489. The van der Waals surface area contributed by atoms with Crippen molar-refractivity contribution in [3.63, 3.8) is 0 Å². The summed E-state index contributed by atoms with van der Waals surface area (Å²) in [5.41, 5.74) is 13.4. The summed E-state index contributed by atoms with van der Waals surface area (Å²) in [6.07, 6.45) is 3.41. The van der Waals surface area contributed by atoms with E-state index in [4.69, 9.17) is 0 Å². The lowest BCUT2D eigenvalue weighted by Crippen LogP contribution is -2.07. The van der Waals surface area contributed by atoms with Gasteiger partial charge in [-0.1, -0.05) is 77.9 Å². The van der Waals surface area contributed by atoms with Crippen LogP contribution in [0.4, 0.5) is 0 Å². The SMILES string of the molecule is C/C1=C(\c2cccc(C)c2)CC2c3ccccc3-c3cccc(c32)CC1. The number of allylic oxidation sites excluding steroid dienone is 2. The average molecular weight is 336 g/mol. The van der Waals surface area contributed by atoms with Crippen molar-refractivity contribution in [2.75, 3.05) is 0 Å². The smallest absolute Gasteiger partial charge is 0.0145 e. The van der Waals surface area contributed by atoms with Crippen LogP contribution in [0.1, 0.15) is 53.5 Å². The number of benzene rings is 3. The second kappa shape index (κ2) is 5.99. The lowest BCUT2D eigenvalue weighted by atomic mass is 9.80. The molecule has 26 heavy (non-hydrogen) atoms. The molecule has 0 heterocycles. The molecular formula is C26H24. The first-order valence-corrected chi connectivity index (χ1v) is 9.69. The third-order valence-corrected chi connectivity index (χ3v) is 6.23. The predicted molar refractivity (Wildman–Crippen MR) is 110 cm³/mol. The Balaban J connectivity index is 1.70. The molecule has 0 radical (unpaired) electrons. The van der Waals surface area contributed by atoms with Crippen molar-refractivity contribution in [3.8, 4) is 11.1 Å². The summed E-state index contributed by atoms with van der Waals surface area (Å²) < 4.78 is 0. The van der Waals surface area contributed by atoms with Crippen LogP contribution >= 0.6 is 0 Å². The highest BCUT2D eigenvalue weighted by molar-refractivity contribution is 5.82. The van der Waals surface area contributed by atoms with Gasteiger partial charge >= 0.3 is 0 Å². The molecule has 0 aromatic heterocycles. The molecule has 2 aliphatic rings. The van der Waals surface area contributed by atoms with Crippen LogP contribution in [-0.4, -0.2) is 0 Å². The minimum Gasteiger partial charge on any atom is -0.0692 e. The van der Waals surface area contributed by atoms with Crippen molar-refractivity contribution in [2.45, 2.75) is 39.0 Å². The van der Waals surface area contributed by atoms with Crippen molar-refractivity contribution in [3.05, 3.63) is 100 Å². The Morgan fingerprint density at radius 3 is 2.46 bits per heavy atom. The van der Waals surface area contributed by atoms with E-state index in [0.29, 0.717) is 5.92 Å². The van der Waals surface area contributed by atoms with Crippen molar-refractivity contribution in [1.82, 2.24) is 0 Å². The van der Waals surface area contributed by atoms with Crippen molar-refractivity contribution in [2.24, 2.45) is 0 Å². The fourth-order valence-corrected chi connectivity index (χ4v) is 4.94. The first-order chi connectivity index (χ1) is 12.7. The largest absolute Gasteiger partial charge is 0.0692 e. The maximum atomic E-state index is 2.36. The van der Waals surface area contributed by atoms with E-state index < -0.39 is 0 Å². The van der Waals surface area contributed by atoms with Gasteiger partial charge in [-0.3, -0.25) is 0 Å². The van der Waals surface area contributed by atoms with Gasteiger partial charge in [-0.2, -0.15) is 0 Å². The summed E-state index contributed by atoms with van der Waals surface area (Å²) in [5, 5.41) is 0. The monoisotopic (exact) mass is 336 g/mol. The Bertz CT molecular complexity index is 1040. The Morgan fingerprint density at radius 2 is 1.58 bits per heavy atom. The molecule has 5 rings (SSSR count). The number of hydrogen-bond donors (Lipinski definition) is 0. The Kier molecular flexibility index (Phi) is 3.60. The summed E-state index contributed by atoms with van der Waals surface area (Å²) in [5.74, 6) is 0.489. The summed E-state index contributed by atoms with van der Waals surface area (Å²) in [6.45, 7) is 4.54. The summed E-state index contributed by atoms with van der Waals surface area (Å²) in [4.78, 5) is 0. The number of rotatable bonds is 1. The van der Waals surface area contributed by atoms with Gasteiger partial charge in [0.1, 0.15) is 0 Å². The van der Waals surface area contributed by atoms with E-state index in [0.717, 1.165) is 19.3 Å². The van der Waals surface area contributed by atoms with Gasteiger partial charge in [0.2, 0.25) is 0 Å². The van der Waals surface area contributed by atoms with Gasteiger partial charge in [-0.15, -0.1) is 0 Å². The molecule has 3 aromatic carbocycles. The highest BCUT2D eigenvalue weighted by Crippen LogP contribution is 2.51. The summed E-state index contributed by atoms with van der Waals surface area (Å²) in [6, 6.07) is 25.0. The van der Waals surface area contributed by atoms with E-state index in [1.807, 2.05) is 0 Å². The summed E-state index contributed by atoms with van der Waals surface area (Å²) in [7, 11) is 0. The first-order valence-electron chi connectivity index (χ1n) is 9.69. The van der Waals surface area contributed by atoms with Crippen LogP contribution in [0, 0.1) is 6.92 Å². The third-order valence-electron chi connectivity index (χ3n) is 6.23. The van der Waals surface area contributed by atoms with Gasteiger partial charge in [0, 0.05) is 5.92 Å². The first kappa shape index (κ1) is 15.6. The molecule has 0 saturated heterocycles. The maximum absolute atomic E-state index is 2.36. The minimum atomic E-state index is 0.489. The second-order valence-electron chi connectivity index (χ2n) is 7.85. The fraction of sp³-hybridized carbons (Fsp3) is 0.231. The molecular weight excluding hydrogens is 312 g/mol. The molecule has 0 saturated carbocycles. The van der Waals surface area contributed by atoms with Crippen LogP contribution in [0.2, 0.25) is 0 Å². The van der Waals surface area contributed by atoms with Gasteiger partial charge in [0.05, 0.1) is 0 Å². The Morgan fingerprint density at radius 1 is 0.769 bits per heavy atom. The standard InChI is InChI=1S/C26H24/c1-17-7-5-9-20(15-17)24-16-25-22-11-4-3-10-21(22)23-12-6-8-19(26(23)25)14-13-18(24)2/h3-12,15,25H,13-14,16H2,1-2H3/b24-18+. The zero-order valence-corrected chi connectivity index (χ0v) is 15.5. The molecule has 0 nitrogen and oxygen atoms in total. The fourth-order valence-electron chi connectivity index (χ4n) is 4.94. The van der Waals surface area contributed by atoms with E-state index in [9.17, 15) is 0 Å². The number of aryl methyl sites for hydroxylation is 2. The maximum Gasteiger partial charge on any atom is 0.0145 e. The molecule has 0 bridgehead atoms. The normalized spacial score (nSPS) is 20.9. The van der Waals surface area contributed by atoms with E-state index >= 15 is 0 Å². The van der Waals surface area contributed by atoms with Crippen molar-refractivity contribution < 1.29 is 0 Å². The molecule has 2 aliphatic carbocycles. The molecule has 3 aromatic rings. The van der Waals surface area contributed by atoms with Crippen LogP contribution in [0.15, 0.2) is 72.3 Å². The van der Waals surface area contributed by atoms with E-state index in [2.05, 4.69) is 80.6 Å². The van der Waals surface area contributed by atoms with Gasteiger partial charge < -0.3 is 0 Å². The quantitative estimate of drug-likeness (QED) is 0.452. The van der Waals surface area contributed by atoms with Gasteiger partial charge in [0.15, 0.2) is 0 Å². The molecule has 1 unspecified atom stereocenters. The molecule has 0 spiro atoms. The van der Waals surface area contributed by atoms with E-state index in [1.54, 1.807) is 22.3 Å². The molecule has 1 atom stereocenters. The zero-order chi connectivity index (χ0) is 17.7. The van der Waals surface area contributed by atoms with E-state index in [-0.39, 0.29) is 0 Å². The zero-order valence-electron chi connectivity index (χ0n) is 15.5. The van der Waals surface area contributed by atoms with Gasteiger partial charge in [0.25, 0.3) is 0 Å². The summed E-state index contributed by atoms with van der Waals surface area (Å²) >= 11 is 0. The average Bonchev–Trinajstić information content (AvgIpc) is 2.97. The molecule has 0 aliphatic heterocycles. The molecule has 128 valence electrons. The van der Waals surface area contributed by atoms with Crippen LogP contribution in [0.3, 0.4) is 0 Å². The van der Waals surface area contributed by atoms with Crippen LogP contribution in [0.25, 0.3) is 16.7 Å². The highest BCUT2D eigenvalue weighted by atomic mass is 14.4. The second-order valence-corrected chi connectivity index (χ2v) is 7.85. The molecule has 0 heteroatoms. The van der Waals surface area contributed by atoms with Crippen LogP contribution < -0.4 is 0 Å². The third kappa shape index (κ3) is 2.36. The van der Waals surface area contributed by atoms with Crippen molar-refractivity contribution >= 4 is 5.57 Å². The molecule has 0 fully saturated rings. The van der Waals surface area contributed by atoms with Gasteiger partial charge in [-0.05, 0) is 72.1 Å². The lowest BCUT2D eigenvalue weighted by molar-refractivity contribution is 0.802. The highest BCUT2D eigenvalue weighted by Gasteiger charge is 2.32. The number of fused-ring (bicyclic) bond motifs is 3. The van der Waals surface area contributed by atoms with Crippen LogP contribution in [0.5, 0.6) is 0 Å². The van der Waals surface area contributed by atoms with Gasteiger partial charge in [-0.25, -0.2) is 0 Å².